The SMILES string of the molecule is Cc1ccc(=O)n(CC(=O)Nc2ccc(N3CCOCC3)cc2)n1. The van der Waals surface area contributed by atoms with Crippen LogP contribution in [-0.2, 0) is 16.1 Å². The summed E-state index contributed by atoms with van der Waals surface area (Å²) in [6.07, 6.45) is 0. The number of aryl methyl sites for hydroxylation is 1. The predicted molar refractivity (Wildman–Crippen MR) is 91.3 cm³/mol. The number of hydrogen-bond acceptors (Lipinski definition) is 5. The van der Waals surface area contributed by atoms with Crippen LogP contribution in [0.3, 0.4) is 0 Å². The van der Waals surface area contributed by atoms with Gasteiger partial charge in [-0.05, 0) is 37.3 Å². The molecular formula is C17H20N4O3. The minimum absolute atomic E-state index is 0.105. The van der Waals surface area contributed by atoms with Gasteiger partial charge in [-0.3, -0.25) is 9.59 Å². The van der Waals surface area contributed by atoms with Crippen molar-refractivity contribution in [1.29, 1.82) is 0 Å². The summed E-state index contributed by atoms with van der Waals surface area (Å²) in [5.41, 5.74) is 2.20. The average Bonchev–Trinajstić information content (AvgIpc) is 2.59. The molecule has 7 nitrogen and oxygen atoms in total. The number of aromatic nitrogens is 2. The van der Waals surface area contributed by atoms with Crippen LogP contribution in [-0.4, -0.2) is 42.0 Å². The number of morpholine rings is 1. The van der Waals surface area contributed by atoms with Crippen LogP contribution in [0.1, 0.15) is 5.69 Å². The molecule has 0 bridgehead atoms. The molecule has 1 aromatic carbocycles. The normalized spacial score (nSPS) is 14.5. The highest BCUT2D eigenvalue weighted by Crippen LogP contribution is 2.18. The number of carbonyl (C=O) groups is 1. The number of carbonyl (C=O) groups excluding carboxylic acids is 1. The number of ether oxygens (including phenoxy) is 1. The molecule has 0 saturated carbocycles. The first-order chi connectivity index (χ1) is 11.6. The first kappa shape index (κ1) is 16.2. The molecule has 3 rings (SSSR count). The lowest BCUT2D eigenvalue weighted by molar-refractivity contribution is -0.117. The fraction of sp³-hybridized carbons (Fsp3) is 0.353. The van der Waals surface area contributed by atoms with Crippen molar-refractivity contribution >= 4 is 17.3 Å². The highest BCUT2D eigenvalue weighted by atomic mass is 16.5. The van der Waals surface area contributed by atoms with Crippen molar-refractivity contribution in [2.45, 2.75) is 13.5 Å². The zero-order chi connectivity index (χ0) is 16.9. The Bertz CT molecular complexity index is 764. The molecule has 0 atom stereocenters. The summed E-state index contributed by atoms with van der Waals surface area (Å²) in [6.45, 7) is 4.87. The summed E-state index contributed by atoms with van der Waals surface area (Å²) in [7, 11) is 0. The van der Waals surface area contributed by atoms with E-state index < -0.39 is 0 Å². The number of benzene rings is 1. The van der Waals surface area contributed by atoms with Gasteiger partial charge in [0.15, 0.2) is 0 Å². The molecule has 2 aromatic rings. The van der Waals surface area contributed by atoms with E-state index in [0.29, 0.717) is 11.4 Å². The van der Waals surface area contributed by atoms with Gasteiger partial charge >= 0.3 is 0 Å². The second-order valence-corrected chi connectivity index (χ2v) is 5.67. The van der Waals surface area contributed by atoms with Gasteiger partial charge in [0, 0.05) is 30.5 Å². The largest absolute Gasteiger partial charge is 0.378 e. The van der Waals surface area contributed by atoms with Gasteiger partial charge in [-0.15, -0.1) is 0 Å². The zero-order valence-corrected chi connectivity index (χ0v) is 13.6. The first-order valence-electron chi connectivity index (χ1n) is 7.89. The Morgan fingerprint density at radius 2 is 1.88 bits per heavy atom. The van der Waals surface area contributed by atoms with Gasteiger partial charge in [0.1, 0.15) is 6.54 Å². The molecule has 0 unspecified atom stereocenters. The molecule has 1 aliphatic rings. The number of hydrogen-bond donors (Lipinski definition) is 1. The molecule has 126 valence electrons. The lowest BCUT2D eigenvalue weighted by Gasteiger charge is -2.28. The van der Waals surface area contributed by atoms with Crippen LogP contribution >= 0.6 is 0 Å². The molecule has 7 heteroatoms. The Hall–Kier alpha value is -2.67. The van der Waals surface area contributed by atoms with E-state index in [-0.39, 0.29) is 18.0 Å². The lowest BCUT2D eigenvalue weighted by Crippen LogP contribution is -2.36. The van der Waals surface area contributed by atoms with E-state index in [2.05, 4.69) is 15.3 Å². The van der Waals surface area contributed by atoms with Crippen LogP contribution in [0.2, 0.25) is 0 Å². The van der Waals surface area contributed by atoms with Gasteiger partial charge in [-0.2, -0.15) is 5.10 Å². The van der Waals surface area contributed by atoms with Crippen LogP contribution in [0.4, 0.5) is 11.4 Å². The van der Waals surface area contributed by atoms with E-state index in [1.54, 1.807) is 13.0 Å². The summed E-state index contributed by atoms with van der Waals surface area (Å²) >= 11 is 0. The summed E-state index contributed by atoms with van der Waals surface area (Å²) in [5.74, 6) is -0.283. The van der Waals surface area contributed by atoms with Crippen LogP contribution in [0.25, 0.3) is 0 Å². The van der Waals surface area contributed by atoms with Crippen molar-refractivity contribution in [2.75, 3.05) is 36.5 Å². The Balaban J connectivity index is 1.62. The van der Waals surface area contributed by atoms with Crippen LogP contribution < -0.4 is 15.8 Å². The number of amides is 1. The molecule has 0 aliphatic carbocycles. The van der Waals surface area contributed by atoms with Crippen molar-refractivity contribution in [2.24, 2.45) is 0 Å². The van der Waals surface area contributed by atoms with E-state index in [1.165, 1.54) is 6.07 Å². The summed E-state index contributed by atoms with van der Waals surface area (Å²) in [4.78, 5) is 26.0. The molecule has 1 fully saturated rings. The second kappa shape index (κ2) is 7.27. The third kappa shape index (κ3) is 3.99. The maximum Gasteiger partial charge on any atom is 0.267 e. The fourth-order valence-electron chi connectivity index (χ4n) is 2.58. The van der Waals surface area contributed by atoms with Crippen molar-refractivity contribution in [3.8, 4) is 0 Å². The number of nitrogens with one attached hydrogen (secondary N) is 1. The van der Waals surface area contributed by atoms with Gasteiger partial charge in [0.05, 0.1) is 18.9 Å². The molecule has 1 amide bonds. The monoisotopic (exact) mass is 328 g/mol. The Labute approximate surface area is 139 Å². The van der Waals surface area contributed by atoms with Gasteiger partial charge in [0.2, 0.25) is 5.91 Å². The molecule has 2 heterocycles. The maximum absolute atomic E-state index is 12.1. The predicted octanol–water partition coefficient (Wildman–Crippen LogP) is 1.03. The molecule has 0 radical (unpaired) electrons. The van der Waals surface area contributed by atoms with E-state index in [0.717, 1.165) is 36.7 Å². The lowest BCUT2D eigenvalue weighted by atomic mass is 10.2. The van der Waals surface area contributed by atoms with E-state index in [9.17, 15) is 9.59 Å². The fourth-order valence-corrected chi connectivity index (χ4v) is 2.58. The quantitative estimate of drug-likeness (QED) is 0.907. The number of rotatable bonds is 4. The minimum Gasteiger partial charge on any atom is -0.378 e. The van der Waals surface area contributed by atoms with Crippen molar-refractivity contribution in [3.05, 3.63) is 52.4 Å². The highest BCUT2D eigenvalue weighted by molar-refractivity contribution is 5.90. The van der Waals surface area contributed by atoms with Gasteiger partial charge in [0.25, 0.3) is 5.56 Å². The molecule has 1 aromatic heterocycles. The van der Waals surface area contributed by atoms with E-state index in [4.69, 9.17) is 4.74 Å². The third-order valence-electron chi connectivity index (χ3n) is 3.82. The molecule has 1 saturated heterocycles. The minimum atomic E-state index is -0.293. The Morgan fingerprint density at radius 1 is 1.17 bits per heavy atom. The Kier molecular flexibility index (Phi) is 4.90. The topological polar surface area (TPSA) is 76.5 Å². The van der Waals surface area contributed by atoms with Crippen molar-refractivity contribution < 1.29 is 9.53 Å². The third-order valence-corrected chi connectivity index (χ3v) is 3.82. The van der Waals surface area contributed by atoms with Crippen molar-refractivity contribution in [1.82, 2.24) is 9.78 Å². The van der Waals surface area contributed by atoms with Crippen LogP contribution in [0.5, 0.6) is 0 Å². The maximum atomic E-state index is 12.1. The van der Waals surface area contributed by atoms with E-state index >= 15 is 0 Å². The molecule has 0 spiro atoms. The molecule has 1 N–H and O–H groups in total. The van der Waals surface area contributed by atoms with Crippen LogP contribution in [0, 0.1) is 6.92 Å². The van der Waals surface area contributed by atoms with Gasteiger partial charge in [-0.1, -0.05) is 0 Å². The summed E-state index contributed by atoms with van der Waals surface area (Å²) in [5, 5.41) is 6.84. The summed E-state index contributed by atoms with van der Waals surface area (Å²) in [6, 6.07) is 10.7. The highest BCUT2D eigenvalue weighted by Gasteiger charge is 2.11. The number of nitrogens with zero attached hydrogens (tertiary/aromatic N) is 3. The van der Waals surface area contributed by atoms with E-state index in [1.807, 2.05) is 24.3 Å². The van der Waals surface area contributed by atoms with Gasteiger partial charge in [-0.25, -0.2) is 4.68 Å². The smallest absolute Gasteiger partial charge is 0.267 e. The molecule has 24 heavy (non-hydrogen) atoms. The average molecular weight is 328 g/mol. The zero-order valence-electron chi connectivity index (χ0n) is 13.6. The standard InChI is InChI=1S/C17H20N4O3/c1-13-2-7-17(23)21(19-13)12-16(22)18-14-3-5-15(6-4-14)20-8-10-24-11-9-20/h2-7H,8-12H2,1H3,(H,18,22). The molecule has 1 aliphatic heterocycles. The second-order valence-electron chi connectivity index (χ2n) is 5.67. The number of anilines is 2. The Morgan fingerprint density at radius 3 is 2.58 bits per heavy atom. The van der Waals surface area contributed by atoms with Crippen LogP contribution in [0.15, 0.2) is 41.2 Å². The summed E-state index contributed by atoms with van der Waals surface area (Å²) < 4.78 is 6.50. The van der Waals surface area contributed by atoms with Crippen molar-refractivity contribution in [3.63, 3.8) is 0 Å². The first-order valence-corrected chi connectivity index (χ1v) is 7.89. The molecular weight excluding hydrogens is 308 g/mol. The van der Waals surface area contributed by atoms with Gasteiger partial charge < -0.3 is 15.0 Å².